The molecule has 0 saturated carbocycles. The first kappa shape index (κ1) is 14.3. The van der Waals surface area contributed by atoms with Crippen LogP contribution in [0.4, 0.5) is 17.6 Å². The maximum absolute atomic E-state index is 13.6. The molecule has 0 bridgehead atoms. The number of hydrogen-bond acceptors (Lipinski definition) is 2. The highest BCUT2D eigenvalue weighted by Crippen LogP contribution is 2.41. The highest BCUT2D eigenvalue weighted by atomic mass is 19.2. The zero-order valence-corrected chi connectivity index (χ0v) is 9.12. The molecule has 0 aromatic heterocycles. The summed E-state index contributed by atoms with van der Waals surface area (Å²) < 4.78 is 58.2. The van der Waals surface area contributed by atoms with Crippen molar-refractivity contribution in [3.8, 4) is 0 Å². The van der Waals surface area contributed by atoms with Crippen LogP contribution in [0, 0.1) is 0 Å². The van der Waals surface area contributed by atoms with Crippen LogP contribution in [-0.2, 0) is 4.74 Å². The monoisotopic (exact) mass is 263 g/mol. The lowest BCUT2D eigenvalue weighted by molar-refractivity contribution is -0.0446. The summed E-state index contributed by atoms with van der Waals surface area (Å²) in [6.45, 7) is 2.47. The van der Waals surface area contributed by atoms with Gasteiger partial charge in [0, 0.05) is 17.5 Å². The second-order valence-electron chi connectivity index (χ2n) is 3.35. The predicted octanol–water partition coefficient (Wildman–Crippen LogP) is 3.59. The van der Waals surface area contributed by atoms with Gasteiger partial charge in [0.2, 0.25) is 0 Å². The molecular formula is C10H9F4N3O. The molecule has 0 N–H and O–H groups in total. The summed E-state index contributed by atoms with van der Waals surface area (Å²) >= 11 is 0. The van der Waals surface area contributed by atoms with E-state index in [-0.39, 0.29) is 12.6 Å². The molecule has 0 radical (unpaired) electrons. The van der Waals surface area contributed by atoms with Gasteiger partial charge in [-0.2, -0.15) is 0 Å². The van der Waals surface area contributed by atoms with Crippen molar-refractivity contribution in [1.29, 1.82) is 0 Å². The van der Waals surface area contributed by atoms with Gasteiger partial charge in [-0.25, -0.2) is 17.6 Å². The predicted molar refractivity (Wildman–Crippen MR) is 56.2 cm³/mol. The van der Waals surface area contributed by atoms with Crippen molar-refractivity contribution in [2.24, 2.45) is 5.11 Å². The molecule has 4 nitrogen and oxygen atoms in total. The number of allylic oxidation sites excluding steroid dienone is 2. The number of hydrogen-bond donors (Lipinski definition) is 0. The number of azide groups is 1. The molecule has 0 fully saturated rings. The fourth-order valence-electron chi connectivity index (χ4n) is 1.45. The first-order valence-corrected chi connectivity index (χ1v) is 4.85. The van der Waals surface area contributed by atoms with Crippen LogP contribution in [0.5, 0.6) is 0 Å². The van der Waals surface area contributed by atoms with Gasteiger partial charge in [-0.3, -0.25) is 0 Å². The van der Waals surface area contributed by atoms with E-state index in [1.54, 1.807) is 0 Å². The Morgan fingerprint density at radius 2 is 2.22 bits per heavy atom. The number of rotatable bonds is 5. The third-order valence-corrected chi connectivity index (χ3v) is 2.33. The second kappa shape index (κ2) is 5.70. The molecule has 0 heterocycles. The SMILES string of the molecule is C=CC1(OCCN=[N+]=[N-])C(F)=C(F)C=C(F)C1F. The van der Waals surface area contributed by atoms with Crippen LogP contribution in [0.25, 0.3) is 10.4 Å². The van der Waals surface area contributed by atoms with Crippen LogP contribution in [0.1, 0.15) is 0 Å². The zero-order chi connectivity index (χ0) is 13.8. The van der Waals surface area contributed by atoms with E-state index in [9.17, 15) is 17.6 Å². The highest BCUT2D eigenvalue weighted by Gasteiger charge is 2.49. The first-order valence-electron chi connectivity index (χ1n) is 4.85. The van der Waals surface area contributed by atoms with E-state index in [1.807, 2.05) is 0 Å². The van der Waals surface area contributed by atoms with E-state index >= 15 is 0 Å². The Morgan fingerprint density at radius 1 is 1.56 bits per heavy atom. The highest BCUT2D eigenvalue weighted by molar-refractivity contribution is 5.39. The molecule has 1 aliphatic carbocycles. The summed E-state index contributed by atoms with van der Waals surface area (Å²) in [5.41, 5.74) is 5.45. The molecule has 8 heteroatoms. The molecule has 0 saturated heterocycles. The van der Waals surface area contributed by atoms with Gasteiger partial charge in [-0.1, -0.05) is 11.7 Å². The summed E-state index contributed by atoms with van der Waals surface area (Å²) in [6.07, 6.45) is -1.80. The van der Waals surface area contributed by atoms with Crippen molar-refractivity contribution < 1.29 is 22.3 Å². The molecule has 0 spiro atoms. The summed E-state index contributed by atoms with van der Waals surface area (Å²) in [4.78, 5) is 2.39. The van der Waals surface area contributed by atoms with Gasteiger partial charge in [0.15, 0.2) is 23.4 Å². The minimum absolute atomic E-state index is 0.110. The van der Waals surface area contributed by atoms with Gasteiger partial charge < -0.3 is 4.74 Å². The standard InChI is InChI=1S/C10H9F4N3O/c1-2-10(18-4-3-16-17-15)8(13)6(11)5-7(12)9(10)14/h2,5,8H,1,3-4H2. The van der Waals surface area contributed by atoms with Crippen LogP contribution in [-0.4, -0.2) is 24.9 Å². The van der Waals surface area contributed by atoms with Crippen molar-refractivity contribution in [3.05, 3.63) is 46.7 Å². The molecule has 1 aliphatic rings. The zero-order valence-electron chi connectivity index (χ0n) is 9.12. The molecule has 18 heavy (non-hydrogen) atoms. The van der Waals surface area contributed by atoms with Crippen LogP contribution >= 0.6 is 0 Å². The summed E-state index contributed by atoms with van der Waals surface area (Å²) in [7, 11) is 0. The number of ether oxygens (including phenoxy) is 1. The van der Waals surface area contributed by atoms with Crippen molar-refractivity contribution in [2.45, 2.75) is 11.8 Å². The van der Waals surface area contributed by atoms with Gasteiger partial charge in [-0.15, -0.1) is 0 Å². The topological polar surface area (TPSA) is 58.0 Å². The molecule has 0 amide bonds. The molecule has 2 unspecified atom stereocenters. The Morgan fingerprint density at radius 3 is 2.78 bits per heavy atom. The molecule has 0 aliphatic heterocycles. The Labute approximate surface area is 99.9 Å². The fourth-order valence-corrected chi connectivity index (χ4v) is 1.45. The van der Waals surface area contributed by atoms with Gasteiger partial charge in [0.1, 0.15) is 5.83 Å². The van der Waals surface area contributed by atoms with Crippen LogP contribution in [0.3, 0.4) is 0 Å². The maximum atomic E-state index is 13.6. The lowest BCUT2D eigenvalue weighted by Gasteiger charge is -2.33. The van der Waals surface area contributed by atoms with E-state index in [1.165, 1.54) is 0 Å². The average Bonchev–Trinajstić information content (AvgIpc) is 2.36. The minimum Gasteiger partial charge on any atom is -0.360 e. The van der Waals surface area contributed by atoms with Gasteiger partial charge in [0.05, 0.1) is 6.61 Å². The van der Waals surface area contributed by atoms with E-state index < -0.39 is 35.9 Å². The first-order chi connectivity index (χ1) is 8.49. The van der Waals surface area contributed by atoms with Gasteiger partial charge in [0.25, 0.3) is 0 Å². The quantitative estimate of drug-likeness (QED) is 0.187. The van der Waals surface area contributed by atoms with Crippen LogP contribution in [0.2, 0.25) is 0 Å². The van der Waals surface area contributed by atoms with E-state index in [0.717, 1.165) is 0 Å². The number of nitrogens with zero attached hydrogens (tertiary/aromatic N) is 3. The largest absolute Gasteiger partial charge is 0.360 e. The third-order valence-electron chi connectivity index (χ3n) is 2.33. The molecule has 0 aromatic carbocycles. The van der Waals surface area contributed by atoms with Gasteiger partial charge in [-0.05, 0) is 11.6 Å². The van der Waals surface area contributed by atoms with Gasteiger partial charge >= 0.3 is 0 Å². The maximum Gasteiger partial charge on any atom is 0.190 e. The number of alkyl halides is 1. The molecule has 98 valence electrons. The third kappa shape index (κ3) is 2.39. The van der Waals surface area contributed by atoms with Crippen LogP contribution < -0.4 is 0 Å². The fraction of sp³-hybridized carbons (Fsp3) is 0.400. The van der Waals surface area contributed by atoms with E-state index in [0.29, 0.717) is 6.08 Å². The molecule has 1 rings (SSSR count). The normalized spacial score (nSPS) is 27.6. The molecule has 2 atom stereocenters. The van der Waals surface area contributed by atoms with Crippen molar-refractivity contribution in [1.82, 2.24) is 0 Å². The Balaban J connectivity index is 3.01. The Hall–Kier alpha value is -1.79. The van der Waals surface area contributed by atoms with Crippen LogP contribution in [0.15, 0.2) is 41.3 Å². The minimum atomic E-state index is -2.56. The Bertz CT molecular complexity index is 456. The lowest BCUT2D eigenvalue weighted by Crippen LogP contribution is -2.44. The van der Waals surface area contributed by atoms with Crippen molar-refractivity contribution >= 4 is 0 Å². The number of halogens is 4. The van der Waals surface area contributed by atoms with Crippen molar-refractivity contribution in [3.63, 3.8) is 0 Å². The Kier molecular flexibility index (Phi) is 4.52. The summed E-state index contributed by atoms with van der Waals surface area (Å²) in [5, 5.41) is 3.07. The van der Waals surface area contributed by atoms with E-state index in [4.69, 9.17) is 10.3 Å². The summed E-state index contributed by atoms with van der Waals surface area (Å²) in [5.74, 6) is -4.67. The molecular weight excluding hydrogens is 254 g/mol. The van der Waals surface area contributed by atoms with E-state index in [2.05, 4.69) is 16.6 Å². The lowest BCUT2D eigenvalue weighted by atomic mass is 9.90. The van der Waals surface area contributed by atoms with Crippen molar-refractivity contribution in [2.75, 3.05) is 13.2 Å². The second-order valence-corrected chi connectivity index (χ2v) is 3.35. The summed E-state index contributed by atoms with van der Waals surface area (Å²) in [6, 6.07) is 0. The smallest absolute Gasteiger partial charge is 0.190 e. The molecule has 0 aromatic rings. The average molecular weight is 263 g/mol.